The smallest absolute Gasteiger partial charge is 0.343 e. The van der Waals surface area contributed by atoms with Crippen molar-refractivity contribution in [3.05, 3.63) is 70.3 Å². The van der Waals surface area contributed by atoms with Crippen LogP contribution in [0.2, 0.25) is 0 Å². The first-order valence-corrected chi connectivity index (χ1v) is 12.4. The number of carbonyl (C=O) groups is 3. The molecule has 0 bridgehead atoms. The van der Waals surface area contributed by atoms with Crippen molar-refractivity contribution < 1.29 is 23.9 Å². The lowest BCUT2D eigenvalue weighted by Crippen LogP contribution is -2.51. The van der Waals surface area contributed by atoms with E-state index in [2.05, 4.69) is 18.7 Å². The van der Waals surface area contributed by atoms with Crippen LogP contribution in [0.25, 0.3) is 0 Å². The lowest BCUT2D eigenvalue weighted by atomic mass is 9.78. The van der Waals surface area contributed by atoms with E-state index in [1.165, 1.54) is 7.11 Å². The number of hydrogen-bond acceptors (Lipinski definition) is 6. The summed E-state index contributed by atoms with van der Waals surface area (Å²) < 4.78 is 12.0. The molecule has 186 valence electrons. The third-order valence-corrected chi connectivity index (χ3v) is 7.67. The number of aldehydes is 2. The number of rotatable bonds is 8. The van der Waals surface area contributed by atoms with Crippen LogP contribution in [0.15, 0.2) is 42.5 Å². The molecule has 4 atom stereocenters. The highest BCUT2D eigenvalue weighted by atomic mass is 16.6. The third kappa shape index (κ3) is 4.95. The van der Waals surface area contributed by atoms with Gasteiger partial charge in [-0.25, -0.2) is 4.79 Å². The van der Waals surface area contributed by atoms with Crippen molar-refractivity contribution in [2.45, 2.75) is 57.8 Å². The second kappa shape index (κ2) is 10.4. The topological polar surface area (TPSA) is 72.9 Å². The summed E-state index contributed by atoms with van der Waals surface area (Å²) in [5, 5.41) is 0. The summed E-state index contributed by atoms with van der Waals surface area (Å²) in [6, 6.07) is 13.2. The standard InChI is InChI=1S/C29H35NO5/c1-19(2)12-21-16-30-11-10-20-13-22(17-31)23(18-32)14-25(20)26(30)15-27(21)35-28(33)29(3,34-4)24-8-6-5-7-9-24/h5-9,13-14,17-19,21,26-27H,10-12,15-16H2,1-4H3/t21-,26+,27-,29?/m0/s1. The Bertz CT molecular complexity index is 1080. The molecule has 1 fully saturated rings. The van der Waals surface area contributed by atoms with Gasteiger partial charge in [0.25, 0.3) is 0 Å². The monoisotopic (exact) mass is 477 g/mol. The van der Waals surface area contributed by atoms with Gasteiger partial charge >= 0.3 is 5.97 Å². The Morgan fingerprint density at radius 3 is 2.46 bits per heavy atom. The Labute approximate surface area is 207 Å². The highest BCUT2D eigenvalue weighted by molar-refractivity contribution is 5.91. The van der Waals surface area contributed by atoms with Gasteiger partial charge in [0.2, 0.25) is 0 Å². The molecule has 0 radical (unpaired) electrons. The molecule has 2 aromatic carbocycles. The first-order valence-electron chi connectivity index (χ1n) is 12.4. The number of ether oxygens (including phenoxy) is 2. The van der Waals surface area contributed by atoms with E-state index >= 15 is 0 Å². The van der Waals surface area contributed by atoms with Gasteiger partial charge in [0, 0.05) is 49.7 Å². The van der Waals surface area contributed by atoms with Gasteiger partial charge in [-0.2, -0.15) is 0 Å². The predicted octanol–water partition coefficient (Wildman–Crippen LogP) is 4.75. The lowest BCUT2D eigenvalue weighted by Gasteiger charge is -2.47. The summed E-state index contributed by atoms with van der Waals surface area (Å²) in [6.07, 6.45) is 3.64. The van der Waals surface area contributed by atoms with Crippen molar-refractivity contribution in [2.24, 2.45) is 11.8 Å². The predicted molar refractivity (Wildman–Crippen MR) is 133 cm³/mol. The molecule has 35 heavy (non-hydrogen) atoms. The third-order valence-electron chi connectivity index (χ3n) is 7.67. The molecular weight excluding hydrogens is 442 g/mol. The quantitative estimate of drug-likeness (QED) is 0.404. The first-order chi connectivity index (χ1) is 16.8. The van der Waals surface area contributed by atoms with E-state index < -0.39 is 5.60 Å². The van der Waals surface area contributed by atoms with E-state index in [1.807, 2.05) is 42.5 Å². The minimum Gasteiger partial charge on any atom is -0.460 e. The number of methoxy groups -OCH3 is 1. The maximum atomic E-state index is 13.5. The Morgan fingerprint density at radius 2 is 1.83 bits per heavy atom. The van der Waals surface area contributed by atoms with E-state index in [0.29, 0.717) is 23.5 Å². The van der Waals surface area contributed by atoms with Crippen molar-refractivity contribution in [3.63, 3.8) is 0 Å². The van der Waals surface area contributed by atoms with E-state index in [4.69, 9.17) is 9.47 Å². The zero-order valence-electron chi connectivity index (χ0n) is 21.0. The van der Waals surface area contributed by atoms with Crippen LogP contribution >= 0.6 is 0 Å². The molecule has 6 heteroatoms. The maximum Gasteiger partial charge on any atom is 0.343 e. The molecule has 1 saturated heterocycles. The maximum absolute atomic E-state index is 13.5. The van der Waals surface area contributed by atoms with Crippen LogP contribution in [-0.2, 0) is 26.3 Å². The molecule has 0 amide bonds. The number of esters is 1. The Kier molecular flexibility index (Phi) is 7.53. The number of carbonyl (C=O) groups excluding carboxylic acids is 3. The highest BCUT2D eigenvalue weighted by Crippen LogP contribution is 2.42. The summed E-state index contributed by atoms with van der Waals surface area (Å²) in [6.45, 7) is 7.84. The van der Waals surface area contributed by atoms with E-state index in [-0.39, 0.29) is 24.0 Å². The average molecular weight is 478 g/mol. The van der Waals surface area contributed by atoms with Crippen LogP contribution in [0.3, 0.4) is 0 Å². The van der Waals surface area contributed by atoms with Crippen LogP contribution in [0.5, 0.6) is 0 Å². The minimum atomic E-state index is -1.20. The van der Waals surface area contributed by atoms with E-state index in [9.17, 15) is 14.4 Å². The number of benzene rings is 2. The fraction of sp³-hybridized carbons (Fsp3) is 0.483. The summed E-state index contributed by atoms with van der Waals surface area (Å²) >= 11 is 0. The molecule has 2 aromatic rings. The molecule has 2 aliphatic rings. The number of nitrogens with zero attached hydrogens (tertiary/aromatic N) is 1. The average Bonchev–Trinajstić information content (AvgIpc) is 2.87. The van der Waals surface area contributed by atoms with Crippen molar-refractivity contribution in [2.75, 3.05) is 20.2 Å². The molecular formula is C29H35NO5. The second-order valence-corrected chi connectivity index (χ2v) is 10.3. The molecule has 0 spiro atoms. The highest BCUT2D eigenvalue weighted by Gasteiger charge is 2.44. The Balaban J connectivity index is 1.65. The van der Waals surface area contributed by atoms with Crippen molar-refractivity contribution in [1.29, 1.82) is 0 Å². The summed E-state index contributed by atoms with van der Waals surface area (Å²) in [5.41, 5.74) is 2.56. The van der Waals surface area contributed by atoms with Gasteiger partial charge < -0.3 is 9.47 Å². The fourth-order valence-electron chi connectivity index (χ4n) is 5.67. The van der Waals surface area contributed by atoms with Crippen LogP contribution in [0.4, 0.5) is 0 Å². The summed E-state index contributed by atoms with van der Waals surface area (Å²) in [5.74, 6) is 0.280. The first kappa shape index (κ1) is 25.3. The molecule has 6 nitrogen and oxygen atoms in total. The fourth-order valence-corrected chi connectivity index (χ4v) is 5.67. The van der Waals surface area contributed by atoms with E-state index in [1.54, 1.807) is 6.92 Å². The molecule has 4 rings (SSSR count). The largest absolute Gasteiger partial charge is 0.460 e. The van der Waals surface area contributed by atoms with Crippen LogP contribution in [0, 0.1) is 11.8 Å². The SMILES string of the molecule is COC(C)(C(=O)O[C@H]1C[C@@H]2c3cc(C=O)c(C=O)cc3CCN2C[C@@H]1CC(C)C)c1ccccc1. The molecule has 2 aliphatic heterocycles. The van der Waals surface area contributed by atoms with Gasteiger partial charge in [-0.05, 0) is 54.5 Å². The molecule has 0 aromatic heterocycles. The number of piperidine rings is 1. The van der Waals surface area contributed by atoms with Gasteiger partial charge in [0.1, 0.15) is 6.10 Å². The molecule has 0 aliphatic carbocycles. The zero-order chi connectivity index (χ0) is 25.2. The number of hydrogen-bond donors (Lipinski definition) is 0. The van der Waals surface area contributed by atoms with Gasteiger partial charge in [-0.15, -0.1) is 0 Å². The Morgan fingerprint density at radius 1 is 1.14 bits per heavy atom. The van der Waals surface area contributed by atoms with Crippen LogP contribution in [0.1, 0.15) is 77.1 Å². The minimum absolute atomic E-state index is 0.0323. The van der Waals surface area contributed by atoms with Crippen molar-refractivity contribution in [3.8, 4) is 0 Å². The van der Waals surface area contributed by atoms with Gasteiger partial charge in [-0.1, -0.05) is 44.2 Å². The molecule has 0 N–H and O–H groups in total. The Hall–Kier alpha value is -2.83. The summed E-state index contributed by atoms with van der Waals surface area (Å²) in [4.78, 5) is 39.1. The van der Waals surface area contributed by atoms with Crippen molar-refractivity contribution in [1.82, 2.24) is 4.90 Å². The second-order valence-electron chi connectivity index (χ2n) is 10.3. The van der Waals surface area contributed by atoms with Crippen LogP contribution < -0.4 is 0 Å². The zero-order valence-corrected chi connectivity index (χ0v) is 21.0. The molecule has 2 heterocycles. The van der Waals surface area contributed by atoms with Gasteiger partial charge in [0.05, 0.1) is 0 Å². The van der Waals surface area contributed by atoms with E-state index in [0.717, 1.165) is 55.2 Å². The van der Waals surface area contributed by atoms with Gasteiger partial charge in [0.15, 0.2) is 18.2 Å². The van der Waals surface area contributed by atoms with Crippen LogP contribution in [-0.4, -0.2) is 49.7 Å². The molecule has 0 saturated carbocycles. The summed E-state index contributed by atoms with van der Waals surface area (Å²) in [7, 11) is 1.53. The number of fused-ring (bicyclic) bond motifs is 3. The van der Waals surface area contributed by atoms with Crippen molar-refractivity contribution >= 4 is 18.5 Å². The van der Waals surface area contributed by atoms with Gasteiger partial charge in [-0.3, -0.25) is 14.5 Å². The normalized spacial score (nSPS) is 23.6. The molecule has 1 unspecified atom stereocenters. The lowest BCUT2D eigenvalue weighted by molar-refractivity contribution is -0.182.